The van der Waals surface area contributed by atoms with Crippen LogP contribution < -0.4 is 10.2 Å². The van der Waals surface area contributed by atoms with Crippen LogP contribution in [-0.2, 0) is 9.59 Å². The lowest BCUT2D eigenvalue weighted by Gasteiger charge is -2.26. The van der Waals surface area contributed by atoms with E-state index in [1.807, 2.05) is 13.8 Å². The number of phenols is 1. The molecule has 3 rings (SSSR count). The van der Waals surface area contributed by atoms with Gasteiger partial charge in [-0.2, -0.15) is 0 Å². The standard InChI is InChI=1S/C20H17N3O6/c1-11(2)13-4-6-14(7-5-13)22-19(26)15(18(25)21-20(22)27)9-12-3-8-17(24)16(10-12)23(28)29/h3-11,24H,1-2H3,(H,21,25,27)/b15-9-. The van der Waals surface area contributed by atoms with Crippen LogP contribution in [0.15, 0.2) is 48.0 Å². The summed E-state index contributed by atoms with van der Waals surface area (Å²) in [6, 6.07) is 9.31. The lowest BCUT2D eigenvalue weighted by atomic mass is 10.0. The largest absolute Gasteiger partial charge is 0.502 e. The number of nitro benzene ring substituents is 1. The molecule has 0 bridgehead atoms. The second-order valence-corrected chi connectivity index (χ2v) is 6.71. The summed E-state index contributed by atoms with van der Waals surface area (Å²) in [5, 5.41) is 22.6. The van der Waals surface area contributed by atoms with E-state index in [0.717, 1.165) is 28.7 Å². The predicted molar refractivity (Wildman–Crippen MR) is 104 cm³/mol. The Morgan fingerprint density at radius 1 is 1.10 bits per heavy atom. The molecule has 9 heteroatoms. The zero-order chi connectivity index (χ0) is 21.3. The molecule has 0 aliphatic carbocycles. The second kappa shape index (κ2) is 7.55. The van der Waals surface area contributed by atoms with Gasteiger partial charge in [-0.05, 0) is 41.3 Å². The number of hydrogen-bond acceptors (Lipinski definition) is 6. The number of urea groups is 1. The van der Waals surface area contributed by atoms with Gasteiger partial charge >= 0.3 is 11.7 Å². The van der Waals surface area contributed by atoms with Crippen LogP contribution in [0.25, 0.3) is 6.08 Å². The first-order valence-electron chi connectivity index (χ1n) is 8.68. The van der Waals surface area contributed by atoms with E-state index in [1.54, 1.807) is 24.3 Å². The normalized spacial score (nSPS) is 15.8. The van der Waals surface area contributed by atoms with Crippen molar-refractivity contribution >= 4 is 35.3 Å². The second-order valence-electron chi connectivity index (χ2n) is 6.71. The number of imide groups is 2. The number of barbiturate groups is 1. The zero-order valence-electron chi connectivity index (χ0n) is 15.6. The minimum atomic E-state index is -0.911. The van der Waals surface area contributed by atoms with Crippen LogP contribution in [0, 0.1) is 10.1 Å². The number of nitrogens with one attached hydrogen (secondary N) is 1. The van der Waals surface area contributed by atoms with Crippen LogP contribution in [-0.4, -0.2) is 27.9 Å². The molecule has 0 unspecified atom stereocenters. The van der Waals surface area contributed by atoms with Crippen molar-refractivity contribution in [1.82, 2.24) is 5.32 Å². The van der Waals surface area contributed by atoms with E-state index < -0.39 is 34.2 Å². The Labute approximate surface area is 165 Å². The number of anilines is 1. The van der Waals surface area contributed by atoms with Crippen LogP contribution in [0.3, 0.4) is 0 Å². The molecule has 2 aromatic carbocycles. The maximum absolute atomic E-state index is 12.8. The molecule has 1 aliphatic heterocycles. The van der Waals surface area contributed by atoms with Crippen molar-refractivity contribution in [2.75, 3.05) is 4.90 Å². The third kappa shape index (κ3) is 3.84. The first-order valence-corrected chi connectivity index (χ1v) is 8.68. The van der Waals surface area contributed by atoms with E-state index in [-0.39, 0.29) is 22.7 Å². The van der Waals surface area contributed by atoms with E-state index in [4.69, 9.17) is 0 Å². The summed E-state index contributed by atoms with van der Waals surface area (Å²) in [6.07, 6.45) is 1.13. The number of benzene rings is 2. The highest BCUT2D eigenvalue weighted by molar-refractivity contribution is 6.39. The number of amides is 4. The summed E-state index contributed by atoms with van der Waals surface area (Å²) in [5.74, 6) is -2.05. The molecule has 4 amide bonds. The van der Waals surface area contributed by atoms with Crippen molar-refractivity contribution in [2.24, 2.45) is 0 Å². The number of phenolic OH excluding ortho intramolecular Hbond substituents is 1. The monoisotopic (exact) mass is 395 g/mol. The fourth-order valence-electron chi connectivity index (χ4n) is 2.84. The van der Waals surface area contributed by atoms with Gasteiger partial charge in [0, 0.05) is 6.07 Å². The maximum atomic E-state index is 12.8. The van der Waals surface area contributed by atoms with Crippen molar-refractivity contribution in [3.05, 3.63) is 69.3 Å². The Hall–Kier alpha value is -4.01. The summed E-state index contributed by atoms with van der Waals surface area (Å²) in [4.78, 5) is 48.3. The molecule has 2 N–H and O–H groups in total. The molecule has 1 fully saturated rings. The highest BCUT2D eigenvalue weighted by atomic mass is 16.6. The number of hydrogen-bond donors (Lipinski definition) is 2. The van der Waals surface area contributed by atoms with Crippen molar-refractivity contribution in [1.29, 1.82) is 0 Å². The number of rotatable bonds is 4. The van der Waals surface area contributed by atoms with Crippen LogP contribution in [0.4, 0.5) is 16.2 Å². The Morgan fingerprint density at radius 3 is 2.34 bits per heavy atom. The quantitative estimate of drug-likeness (QED) is 0.354. The summed E-state index contributed by atoms with van der Waals surface area (Å²) >= 11 is 0. The molecule has 148 valence electrons. The predicted octanol–water partition coefficient (Wildman–Crippen LogP) is 3.09. The van der Waals surface area contributed by atoms with Gasteiger partial charge in [0.15, 0.2) is 5.75 Å². The fraction of sp³-hybridized carbons (Fsp3) is 0.150. The molecule has 0 atom stereocenters. The fourth-order valence-corrected chi connectivity index (χ4v) is 2.84. The molecule has 9 nitrogen and oxygen atoms in total. The smallest absolute Gasteiger partial charge is 0.335 e. The Bertz CT molecular complexity index is 1060. The number of nitrogens with zero attached hydrogens (tertiary/aromatic N) is 2. The maximum Gasteiger partial charge on any atom is 0.335 e. The van der Waals surface area contributed by atoms with Gasteiger partial charge < -0.3 is 5.11 Å². The van der Waals surface area contributed by atoms with Gasteiger partial charge in [-0.15, -0.1) is 0 Å². The molecule has 2 aromatic rings. The minimum Gasteiger partial charge on any atom is -0.502 e. The van der Waals surface area contributed by atoms with Crippen LogP contribution in [0.1, 0.15) is 30.9 Å². The molecule has 29 heavy (non-hydrogen) atoms. The minimum absolute atomic E-state index is 0.150. The number of aromatic hydroxyl groups is 1. The first kappa shape index (κ1) is 19.7. The average Bonchev–Trinajstić information content (AvgIpc) is 2.66. The van der Waals surface area contributed by atoms with Crippen molar-refractivity contribution in [2.45, 2.75) is 19.8 Å². The van der Waals surface area contributed by atoms with Crippen molar-refractivity contribution < 1.29 is 24.4 Å². The van der Waals surface area contributed by atoms with Crippen LogP contribution in [0.2, 0.25) is 0 Å². The topological polar surface area (TPSA) is 130 Å². The molecule has 0 radical (unpaired) electrons. The van der Waals surface area contributed by atoms with E-state index in [1.165, 1.54) is 6.07 Å². The Kier molecular flexibility index (Phi) is 5.14. The molecule has 0 aromatic heterocycles. The summed E-state index contributed by atoms with van der Waals surface area (Å²) < 4.78 is 0. The van der Waals surface area contributed by atoms with E-state index in [0.29, 0.717) is 0 Å². The number of nitro groups is 1. The molecule has 1 saturated heterocycles. The van der Waals surface area contributed by atoms with Gasteiger partial charge in [-0.3, -0.25) is 25.0 Å². The van der Waals surface area contributed by atoms with Gasteiger partial charge in [0.2, 0.25) is 0 Å². The zero-order valence-corrected chi connectivity index (χ0v) is 15.6. The number of carbonyl (C=O) groups excluding carboxylic acids is 3. The van der Waals surface area contributed by atoms with Gasteiger partial charge in [-0.1, -0.05) is 32.0 Å². The third-order valence-corrected chi connectivity index (χ3v) is 4.43. The van der Waals surface area contributed by atoms with E-state index >= 15 is 0 Å². The van der Waals surface area contributed by atoms with Gasteiger partial charge in [0.25, 0.3) is 11.8 Å². The Morgan fingerprint density at radius 2 is 1.76 bits per heavy atom. The summed E-state index contributed by atoms with van der Waals surface area (Å²) in [5.41, 5.74) is 0.518. The van der Waals surface area contributed by atoms with Gasteiger partial charge in [-0.25, -0.2) is 9.69 Å². The molecule has 1 heterocycles. The van der Waals surface area contributed by atoms with Crippen LogP contribution >= 0.6 is 0 Å². The van der Waals surface area contributed by atoms with E-state index in [9.17, 15) is 29.6 Å². The van der Waals surface area contributed by atoms with Gasteiger partial charge in [0.1, 0.15) is 5.57 Å². The molecule has 1 aliphatic rings. The van der Waals surface area contributed by atoms with Crippen LogP contribution in [0.5, 0.6) is 5.75 Å². The average molecular weight is 395 g/mol. The third-order valence-electron chi connectivity index (χ3n) is 4.43. The van der Waals surface area contributed by atoms with E-state index in [2.05, 4.69) is 5.32 Å². The highest BCUT2D eigenvalue weighted by Gasteiger charge is 2.36. The van der Waals surface area contributed by atoms with Gasteiger partial charge in [0.05, 0.1) is 10.6 Å². The lowest BCUT2D eigenvalue weighted by Crippen LogP contribution is -2.54. The summed E-state index contributed by atoms with van der Waals surface area (Å²) in [6.45, 7) is 4.01. The molecular formula is C20H17N3O6. The first-order chi connectivity index (χ1) is 13.7. The number of carbonyl (C=O) groups is 3. The highest BCUT2D eigenvalue weighted by Crippen LogP contribution is 2.29. The Balaban J connectivity index is 2.00. The lowest BCUT2D eigenvalue weighted by molar-refractivity contribution is -0.385. The SMILES string of the molecule is CC(C)c1ccc(N2C(=O)NC(=O)/C(=C/c3ccc(O)c([N+](=O)[O-])c3)C2=O)cc1. The van der Waals surface area contributed by atoms with Crippen molar-refractivity contribution in [3.63, 3.8) is 0 Å². The van der Waals surface area contributed by atoms with Crippen molar-refractivity contribution in [3.8, 4) is 5.75 Å². The molecule has 0 spiro atoms. The summed E-state index contributed by atoms with van der Waals surface area (Å²) in [7, 11) is 0. The molecule has 0 saturated carbocycles. The molecular weight excluding hydrogens is 378 g/mol.